The van der Waals surface area contributed by atoms with Gasteiger partial charge < -0.3 is 15.7 Å². The first-order chi connectivity index (χ1) is 6.65. The number of nitrogens with one attached hydrogen (secondary N) is 2. The Morgan fingerprint density at radius 2 is 1.71 bits per heavy atom. The second-order valence-corrected chi connectivity index (χ2v) is 4.60. The van der Waals surface area contributed by atoms with Gasteiger partial charge in [-0.2, -0.15) is 0 Å². The fraction of sp³-hybridized carbons (Fsp3) is 1.00. The van der Waals surface area contributed by atoms with Gasteiger partial charge in [0, 0.05) is 18.1 Å². The summed E-state index contributed by atoms with van der Waals surface area (Å²) in [5.74, 6) is 0. The van der Waals surface area contributed by atoms with E-state index >= 15 is 0 Å². The van der Waals surface area contributed by atoms with Crippen molar-refractivity contribution in [1.82, 2.24) is 10.6 Å². The SMILES string of the molecule is CN[C@H]1CCCC[C@H](NC(C)C)[C@@H]1O. The minimum absolute atomic E-state index is 0.245. The van der Waals surface area contributed by atoms with E-state index in [2.05, 4.69) is 24.5 Å². The molecule has 1 saturated carbocycles. The van der Waals surface area contributed by atoms with Crippen molar-refractivity contribution in [1.29, 1.82) is 0 Å². The lowest BCUT2D eigenvalue weighted by atomic mass is 10.0. The highest BCUT2D eigenvalue weighted by atomic mass is 16.3. The van der Waals surface area contributed by atoms with E-state index in [1.54, 1.807) is 0 Å². The fourth-order valence-corrected chi connectivity index (χ4v) is 2.28. The van der Waals surface area contributed by atoms with E-state index in [-0.39, 0.29) is 18.2 Å². The summed E-state index contributed by atoms with van der Waals surface area (Å²) in [5, 5.41) is 16.8. The number of hydrogen-bond acceptors (Lipinski definition) is 3. The van der Waals surface area contributed by atoms with Crippen molar-refractivity contribution < 1.29 is 5.11 Å². The van der Waals surface area contributed by atoms with E-state index in [0.29, 0.717) is 6.04 Å². The van der Waals surface area contributed by atoms with Gasteiger partial charge in [-0.05, 0) is 19.9 Å². The van der Waals surface area contributed by atoms with E-state index in [4.69, 9.17) is 0 Å². The molecular weight excluding hydrogens is 176 g/mol. The zero-order valence-corrected chi connectivity index (χ0v) is 9.59. The highest BCUT2D eigenvalue weighted by Gasteiger charge is 2.28. The topological polar surface area (TPSA) is 44.3 Å². The van der Waals surface area contributed by atoms with Gasteiger partial charge in [-0.1, -0.05) is 26.7 Å². The van der Waals surface area contributed by atoms with Crippen LogP contribution in [0.15, 0.2) is 0 Å². The molecule has 0 aromatic carbocycles. The van der Waals surface area contributed by atoms with E-state index in [1.807, 2.05) is 7.05 Å². The third-order valence-electron chi connectivity index (χ3n) is 3.02. The molecule has 1 fully saturated rings. The molecule has 0 heterocycles. The number of aliphatic hydroxyl groups excluding tert-OH is 1. The largest absolute Gasteiger partial charge is 0.390 e. The Bertz CT molecular complexity index is 161. The average Bonchev–Trinajstić information content (AvgIpc) is 2.29. The van der Waals surface area contributed by atoms with Crippen LogP contribution in [0.3, 0.4) is 0 Å². The number of aliphatic hydroxyl groups is 1. The fourth-order valence-electron chi connectivity index (χ4n) is 2.28. The molecule has 1 rings (SSSR count). The van der Waals surface area contributed by atoms with Crippen LogP contribution >= 0.6 is 0 Å². The van der Waals surface area contributed by atoms with Gasteiger partial charge in [-0.15, -0.1) is 0 Å². The number of rotatable bonds is 3. The van der Waals surface area contributed by atoms with Crippen LogP contribution in [0, 0.1) is 0 Å². The van der Waals surface area contributed by atoms with E-state index < -0.39 is 0 Å². The van der Waals surface area contributed by atoms with Crippen molar-refractivity contribution in [3.05, 3.63) is 0 Å². The summed E-state index contributed by atoms with van der Waals surface area (Å²) in [6.45, 7) is 4.26. The lowest BCUT2D eigenvalue weighted by Crippen LogP contribution is -2.51. The molecule has 0 spiro atoms. The maximum Gasteiger partial charge on any atom is 0.0845 e. The zero-order valence-electron chi connectivity index (χ0n) is 9.59. The molecule has 0 amide bonds. The van der Waals surface area contributed by atoms with Gasteiger partial charge in [0.2, 0.25) is 0 Å². The first-order valence-corrected chi connectivity index (χ1v) is 5.76. The standard InChI is InChI=1S/C11H24N2O/c1-8(2)13-10-7-5-4-6-9(12-3)11(10)14/h8-14H,4-7H2,1-3H3/t9-,10-,11+/m0/s1. The number of likely N-dealkylation sites (N-methyl/N-ethyl adjacent to an activating group) is 1. The maximum absolute atomic E-state index is 10.1. The monoisotopic (exact) mass is 200 g/mol. The van der Waals surface area contributed by atoms with Gasteiger partial charge in [0.05, 0.1) is 6.10 Å². The predicted molar refractivity (Wildman–Crippen MR) is 59.4 cm³/mol. The molecule has 3 heteroatoms. The van der Waals surface area contributed by atoms with Crippen LogP contribution in [0.5, 0.6) is 0 Å². The van der Waals surface area contributed by atoms with Crippen LogP contribution in [-0.2, 0) is 0 Å². The molecule has 0 aromatic rings. The van der Waals surface area contributed by atoms with Crippen LogP contribution in [-0.4, -0.2) is 36.4 Å². The molecule has 0 bridgehead atoms. The lowest BCUT2D eigenvalue weighted by molar-refractivity contribution is 0.0879. The Morgan fingerprint density at radius 1 is 1.14 bits per heavy atom. The Balaban J connectivity index is 2.53. The lowest BCUT2D eigenvalue weighted by Gasteiger charge is -2.29. The molecular formula is C11H24N2O. The van der Waals surface area contributed by atoms with Gasteiger partial charge in [-0.25, -0.2) is 0 Å². The molecule has 0 saturated heterocycles. The summed E-state index contributed by atoms with van der Waals surface area (Å²) >= 11 is 0. The van der Waals surface area contributed by atoms with E-state index in [9.17, 15) is 5.11 Å². The predicted octanol–water partition coefficient (Wildman–Crippen LogP) is 0.876. The molecule has 1 aliphatic carbocycles. The van der Waals surface area contributed by atoms with Crippen molar-refractivity contribution in [2.24, 2.45) is 0 Å². The zero-order chi connectivity index (χ0) is 10.6. The summed E-state index contributed by atoms with van der Waals surface area (Å²) in [4.78, 5) is 0. The van der Waals surface area contributed by atoms with Gasteiger partial charge in [0.15, 0.2) is 0 Å². The molecule has 84 valence electrons. The molecule has 0 unspecified atom stereocenters. The molecule has 1 aliphatic rings. The number of hydrogen-bond donors (Lipinski definition) is 3. The van der Waals surface area contributed by atoms with Crippen LogP contribution in [0.4, 0.5) is 0 Å². The van der Waals surface area contributed by atoms with Crippen molar-refractivity contribution in [3.8, 4) is 0 Å². The second kappa shape index (κ2) is 5.69. The van der Waals surface area contributed by atoms with Crippen LogP contribution in [0.2, 0.25) is 0 Å². The van der Waals surface area contributed by atoms with Crippen LogP contribution in [0.25, 0.3) is 0 Å². The molecule has 0 aromatic heterocycles. The summed E-state index contributed by atoms with van der Waals surface area (Å²) in [6, 6.07) is 0.967. The second-order valence-electron chi connectivity index (χ2n) is 4.60. The molecule has 0 radical (unpaired) electrons. The third kappa shape index (κ3) is 3.23. The quantitative estimate of drug-likeness (QED) is 0.593. The summed E-state index contributed by atoms with van der Waals surface area (Å²) < 4.78 is 0. The maximum atomic E-state index is 10.1. The van der Waals surface area contributed by atoms with E-state index in [1.165, 1.54) is 12.8 Å². The van der Waals surface area contributed by atoms with Gasteiger partial charge in [0.25, 0.3) is 0 Å². The van der Waals surface area contributed by atoms with E-state index in [0.717, 1.165) is 12.8 Å². The van der Waals surface area contributed by atoms with Crippen molar-refractivity contribution in [2.45, 2.75) is 63.8 Å². The van der Waals surface area contributed by atoms with Gasteiger partial charge >= 0.3 is 0 Å². The van der Waals surface area contributed by atoms with Gasteiger partial charge in [0.1, 0.15) is 0 Å². The van der Waals surface area contributed by atoms with Crippen molar-refractivity contribution in [2.75, 3.05) is 7.05 Å². The van der Waals surface area contributed by atoms with Gasteiger partial charge in [-0.3, -0.25) is 0 Å². The van der Waals surface area contributed by atoms with Crippen LogP contribution < -0.4 is 10.6 Å². The smallest absolute Gasteiger partial charge is 0.0845 e. The normalized spacial score (nSPS) is 34.5. The van der Waals surface area contributed by atoms with Crippen molar-refractivity contribution >= 4 is 0 Å². The summed E-state index contributed by atoms with van der Waals surface area (Å²) in [5.41, 5.74) is 0. The van der Waals surface area contributed by atoms with Crippen molar-refractivity contribution in [3.63, 3.8) is 0 Å². The highest BCUT2D eigenvalue weighted by molar-refractivity contribution is 4.88. The van der Waals surface area contributed by atoms with Crippen LogP contribution in [0.1, 0.15) is 39.5 Å². The molecule has 0 aliphatic heterocycles. The average molecular weight is 200 g/mol. The minimum atomic E-state index is -0.245. The highest BCUT2D eigenvalue weighted by Crippen LogP contribution is 2.19. The Kier molecular flexibility index (Phi) is 4.85. The summed E-state index contributed by atoms with van der Waals surface area (Å²) in [6.07, 6.45) is 4.38. The first-order valence-electron chi connectivity index (χ1n) is 5.76. The summed E-state index contributed by atoms with van der Waals surface area (Å²) in [7, 11) is 1.94. The Labute approximate surface area is 87.3 Å². The first kappa shape index (κ1) is 12.0. The molecule has 3 atom stereocenters. The minimum Gasteiger partial charge on any atom is -0.390 e. The molecule has 3 nitrogen and oxygen atoms in total. The Hall–Kier alpha value is -0.120. The molecule has 3 N–H and O–H groups in total. The Morgan fingerprint density at radius 3 is 2.21 bits per heavy atom. The third-order valence-corrected chi connectivity index (χ3v) is 3.02. The molecule has 14 heavy (non-hydrogen) atoms.